The highest BCUT2D eigenvalue weighted by Crippen LogP contribution is 2.42. The molecule has 0 aliphatic carbocycles. The number of ether oxygens (including phenoxy) is 3. The fraction of sp³-hybridized carbons (Fsp3) is 0.357. The Morgan fingerprint density at radius 3 is 2.40 bits per heavy atom. The number of hydrogen-bond donors (Lipinski definition) is 1. The van der Waals surface area contributed by atoms with E-state index in [1.807, 2.05) is 6.07 Å². The van der Waals surface area contributed by atoms with Crippen molar-refractivity contribution in [1.29, 1.82) is 0 Å². The number of rotatable bonds is 5. The predicted molar refractivity (Wildman–Crippen MR) is 84.1 cm³/mol. The van der Waals surface area contributed by atoms with Crippen LogP contribution in [0.5, 0.6) is 17.2 Å². The summed E-state index contributed by atoms with van der Waals surface area (Å²) in [5.41, 5.74) is 0.817. The van der Waals surface area contributed by atoms with Crippen molar-refractivity contribution in [3.63, 3.8) is 0 Å². The van der Waals surface area contributed by atoms with Crippen molar-refractivity contribution in [3.8, 4) is 29.1 Å². The van der Waals surface area contributed by atoms with Crippen molar-refractivity contribution < 1.29 is 19.0 Å². The third-order valence-electron chi connectivity index (χ3n) is 2.54. The van der Waals surface area contributed by atoms with Gasteiger partial charge < -0.3 is 19.5 Å². The van der Waals surface area contributed by atoms with Crippen LogP contribution < -0.4 is 19.5 Å². The summed E-state index contributed by atoms with van der Waals surface area (Å²) in [7, 11) is 4.65. The molecule has 1 aromatic rings. The lowest BCUT2D eigenvalue weighted by molar-refractivity contribution is -0.115. The molecule has 1 amide bonds. The molecule has 0 fully saturated rings. The second-order valence-electron chi connectivity index (χ2n) is 3.66. The number of carbonyl (C=O) groups excluding carboxylic acids is 1. The molecule has 0 atom stereocenters. The van der Waals surface area contributed by atoms with E-state index in [9.17, 15) is 4.79 Å². The molecule has 0 aromatic heterocycles. The van der Waals surface area contributed by atoms with E-state index in [2.05, 4.69) is 39.7 Å². The summed E-state index contributed by atoms with van der Waals surface area (Å²) >= 11 is 2.16. The van der Waals surface area contributed by atoms with Crippen molar-refractivity contribution in [2.45, 2.75) is 13.5 Å². The molecule has 0 aliphatic heterocycles. The smallest absolute Gasteiger partial charge is 0.296 e. The minimum absolute atomic E-state index is 0.301. The molecule has 108 valence electrons. The SMILES string of the molecule is CC#CC(=O)NCc1c(I)cc(OC)c(OC)c1OC. The van der Waals surface area contributed by atoms with Crippen molar-refractivity contribution >= 4 is 28.5 Å². The summed E-state index contributed by atoms with van der Waals surface area (Å²) in [6.07, 6.45) is 0. The lowest BCUT2D eigenvalue weighted by Crippen LogP contribution is -2.22. The van der Waals surface area contributed by atoms with E-state index >= 15 is 0 Å². The minimum atomic E-state index is -0.333. The summed E-state index contributed by atoms with van der Waals surface area (Å²) < 4.78 is 16.9. The number of carbonyl (C=O) groups is 1. The van der Waals surface area contributed by atoms with Crippen LogP contribution in [-0.2, 0) is 11.3 Å². The van der Waals surface area contributed by atoms with Crippen LogP contribution in [0.3, 0.4) is 0 Å². The van der Waals surface area contributed by atoms with Gasteiger partial charge in [0, 0.05) is 15.7 Å². The van der Waals surface area contributed by atoms with Gasteiger partial charge in [0.15, 0.2) is 11.5 Å². The number of benzene rings is 1. The zero-order valence-corrected chi connectivity index (χ0v) is 14.0. The maximum atomic E-state index is 11.4. The summed E-state index contributed by atoms with van der Waals surface area (Å²) in [4.78, 5) is 11.4. The van der Waals surface area contributed by atoms with E-state index in [0.29, 0.717) is 23.8 Å². The van der Waals surface area contributed by atoms with Crippen LogP contribution >= 0.6 is 22.6 Å². The summed E-state index contributed by atoms with van der Waals surface area (Å²) in [6.45, 7) is 1.91. The number of halogens is 1. The Labute approximate surface area is 132 Å². The minimum Gasteiger partial charge on any atom is -0.493 e. The third kappa shape index (κ3) is 3.70. The quantitative estimate of drug-likeness (QED) is 0.618. The number of hydrogen-bond acceptors (Lipinski definition) is 4. The van der Waals surface area contributed by atoms with Gasteiger partial charge in [-0.15, -0.1) is 0 Å². The Bertz CT molecular complexity index is 561. The van der Waals surface area contributed by atoms with Crippen molar-refractivity contribution in [3.05, 3.63) is 15.2 Å². The number of methoxy groups -OCH3 is 3. The molecular weight excluding hydrogens is 373 g/mol. The maximum Gasteiger partial charge on any atom is 0.296 e. The van der Waals surface area contributed by atoms with Gasteiger partial charge in [-0.25, -0.2) is 0 Å². The van der Waals surface area contributed by atoms with Gasteiger partial charge in [-0.1, -0.05) is 5.92 Å². The van der Waals surface area contributed by atoms with Gasteiger partial charge in [-0.3, -0.25) is 4.79 Å². The van der Waals surface area contributed by atoms with Crippen molar-refractivity contribution in [2.75, 3.05) is 21.3 Å². The molecule has 1 rings (SSSR count). The predicted octanol–water partition coefficient (Wildman–Crippen LogP) is 1.96. The highest BCUT2D eigenvalue weighted by atomic mass is 127. The van der Waals surface area contributed by atoms with E-state index in [1.54, 1.807) is 21.1 Å². The van der Waals surface area contributed by atoms with Crippen LogP contribution in [0.15, 0.2) is 6.07 Å². The monoisotopic (exact) mass is 389 g/mol. The summed E-state index contributed by atoms with van der Waals surface area (Å²) in [5.74, 6) is 6.26. The molecule has 1 N–H and O–H groups in total. The molecule has 0 unspecified atom stereocenters. The van der Waals surface area contributed by atoms with Crippen LogP contribution in [0.1, 0.15) is 12.5 Å². The second kappa shape index (κ2) is 7.85. The highest BCUT2D eigenvalue weighted by molar-refractivity contribution is 14.1. The number of amides is 1. The third-order valence-corrected chi connectivity index (χ3v) is 3.51. The van der Waals surface area contributed by atoms with Gasteiger partial charge in [-0.05, 0) is 41.5 Å². The molecule has 0 heterocycles. The zero-order valence-electron chi connectivity index (χ0n) is 11.8. The Balaban J connectivity index is 3.17. The molecule has 5 nitrogen and oxygen atoms in total. The molecule has 0 spiro atoms. The second-order valence-corrected chi connectivity index (χ2v) is 4.83. The van der Waals surface area contributed by atoms with Gasteiger partial charge in [0.2, 0.25) is 5.75 Å². The normalized spacial score (nSPS) is 9.25. The van der Waals surface area contributed by atoms with Crippen LogP contribution in [0.2, 0.25) is 0 Å². The van der Waals surface area contributed by atoms with E-state index in [0.717, 1.165) is 9.13 Å². The molecule has 0 radical (unpaired) electrons. The standard InChI is InChI=1S/C14H16INO4/c1-5-6-12(17)16-8-9-10(15)7-11(18-2)14(20-4)13(9)19-3/h7H,8H2,1-4H3,(H,16,17). The van der Waals surface area contributed by atoms with Gasteiger partial charge in [0.25, 0.3) is 5.91 Å². The molecule has 0 aliphatic rings. The largest absolute Gasteiger partial charge is 0.493 e. The van der Waals surface area contributed by atoms with E-state index in [-0.39, 0.29) is 5.91 Å². The van der Waals surface area contributed by atoms with Gasteiger partial charge in [-0.2, -0.15) is 0 Å². The Hall–Kier alpha value is -1.62. The average Bonchev–Trinajstić information content (AvgIpc) is 2.44. The van der Waals surface area contributed by atoms with E-state index in [1.165, 1.54) is 7.11 Å². The lowest BCUT2D eigenvalue weighted by atomic mass is 10.1. The zero-order chi connectivity index (χ0) is 15.1. The average molecular weight is 389 g/mol. The topological polar surface area (TPSA) is 56.8 Å². The van der Waals surface area contributed by atoms with Gasteiger partial charge in [0.1, 0.15) is 0 Å². The van der Waals surface area contributed by atoms with Crippen LogP contribution in [0.4, 0.5) is 0 Å². The van der Waals surface area contributed by atoms with Crippen LogP contribution in [-0.4, -0.2) is 27.2 Å². The fourth-order valence-electron chi connectivity index (χ4n) is 1.68. The van der Waals surface area contributed by atoms with E-state index in [4.69, 9.17) is 14.2 Å². The molecular formula is C14H16INO4. The number of nitrogens with one attached hydrogen (secondary N) is 1. The molecule has 0 saturated heterocycles. The molecule has 0 bridgehead atoms. The Morgan fingerprint density at radius 2 is 1.90 bits per heavy atom. The fourth-order valence-corrected chi connectivity index (χ4v) is 2.40. The van der Waals surface area contributed by atoms with Gasteiger partial charge in [0.05, 0.1) is 21.3 Å². The molecule has 20 heavy (non-hydrogen) atoms. The van der Waals surface area contributed by atoms with Crippen LogP contribution in [0, 0.1) is 15.4 Å². The Kier molecular flexibility index (Phi) is 6.45. The van der Waals surface area contributed by atoms with E-state index < -0.39 is 0 Å². The summed E-state index contributed by atoms with van der Waals surface area (Å²) in [6, 6.07) is 1.83. The molecule has 0 saturated carbocycles. The van der Waals surface area contributed by atoms with Gasteiger partial charge >= 0.3 is 0 Å². The van der Waals surface area contributed by atoms with Crippen molar-refractivity contribution in [1.82, 2.24) is 5.32 Å². The maximum absolute atomic E-state index is 11.4. The van der Waals surface area contributed by atoms with Crippen molar-refractivity contribution in [2.24, 2.45) is 0 Å². The first-order valence-electron chi connectivity index (χ1n) is 5.76. The first-order valence-corrected chi connectivity index (χ1v) is 6.84. The molecule has 1 aromatic carbocycles. The lowest BCUT2D eigenvalue weighted by Gasteiger charge is -2.17. The Morgan fingerprint density at radius 1 is 1.25 bits per heavy atom. The van der Waals surface area contributed by atoms with Crippen LogP contribution in [0.25, 0.3) is 0 Å². The first-order chi connectivity index (χ1) is 9.58. The highest BCUT2D eigenvalue weighted by Gasteiger charge is 2.19. The summed E-state index contributed by atoms with van der Waals surface area (Å²) in [5, 5.41) is 2.71. The molecule has 6 heteroatoms. The first kappa shape index (κ1) is 16.4.